The molecule has 1 heterocycles. The Morgan fingerprint density at radius 3 is 2.33 bits per heavy atom. The fourth-order valence-corrected chi connectivity index (χ4v) is 3.21. The van der Waals surface area contributed by atoms with Crippen molar-refractivity contribution < 1.29 is 28.6 Å². The normalized spacial score (nSPS) is 17.3. The molecule has 0 bridgehead atoms. The molecule has 1 N–H and O–H groups in total. The molecule has 0 radical (unpaired) electrons. The number of hydrogen-bond donors (Lipinski definition) is 1. The predicted octanol–water partition coefficient (Wildman–Crippen LogP) is 2.69. The van der Waals surface area contributed by atoms with Crippen LogP contribution < -0.4 is 9.64 Å². The van der Waals surface area contributed by atoms with Crippen molar-refractivity contribution in [1.82, 2.24) is 0 Å². The lowest BCUT2D eigenvalue weighted by Crippen LogP contribution is -2.32. The van der Waals surface area contributed by atoms with Crippen molar-refractivity contribution in [1.29, 1.82) is 0 Å². The maximum absolute atomic E-state index is 14.3. The predicted molar refractivity (Wildman–Crippen MR) is 82.5 cm³/mol. The van der Waals surface area contributed by atoms with Gasteiger partial charge in [0.15, 0.2) is 6.61 Å². The van der Waals surface area contributed by atoms with Gasteiger partial charge in [0.2, 0.25) is 0 Å². The lowest BCUT2D eigenvalue weighted by Gasteiger charge is -2.19. The lowest BCUT2D eigenvalue weighted by molar-refractivity contribution is -0.139. The van der Waals surface area contributed by atoms with Gasteiger partial charge in [0.1, 0.15) is 22.3 Å². The van der Waals surface area contributed by atoms with Crippen LogP contribution >= 0.6 is 11.6 Å². The molecule has 2 amide bonds. The fourth-order valence-electron chi connectivity index (χ4n) is 2.92. The third-order valence-electron chi connectivity index (χ3n) is 4.00. The molecular weight excluding hydrogens is 341 g/mol. The molecule has 0 unspecified atom stereocenters. The maximum Gasteiger partial charge on any atom is 0.341 e. The van der Waals surface area contributed by atoms with Gasteiger partial charge in [-0.3, -0.25) is 9.59 Å². The second kappa shape index (κ2) is 6.24. The van der Waals surface area contributed by atoms with E-state index in [9.17, 15) is 18.8 Å². The van der Waals surface area contributed by atoms with Crippen molar-refractivity contribution >= 4 is 35.1 Å². The number of carbonyl (C=O) groups is 3. The van der Waals surface area contributed by atoms with Crippen LogP contribution in [-0.4, -0.2) is 29.5 Å². The van der Waals surface area contributed by atoms with Crippen molar-refractivity contribution in [3.05, 3.63) is 34.1 Å². The molecule has 0 spiro atoms. The first-order valence-electron chi connectivity index (χ1n) is 7.35. The number of carbonyl (C=O) groups excluding carboxylic acids is 2. The first kappa shape index (κ1) is 16.4. The molecule has 0 saturated carbocycles. The average Bonchev–Trinajstić information content (AvgIpc) is 2.80. The van der Waals surface area contributed by atoms with Gasteiger partial charge in [0, 0.05) is 11.1 Å². The molecule has 24 heavy (non-hydrogen) atoms. The van der Waals surface area contributed by atoms with Crippen LogP contribution in [-0.2, 0) is 14.4 Å². The summed E-state index contributed by atoms with van der Waals surface area (Å²) in [5.41, 5.74) is 0.404. The van der Waals surface area contributed by atoms with Crippen molar-refractivity contribution in [3.63, 3.8) is 0 Å². The molecule has 1 aromatic rings. The van der Waals surface area contributed by atoms with Crippen LogP contribution in [0, 0.1) is 5.82 Å². The van der Waals surface area contributed by atoms with Gasteiger partial charge in [0.05, 0.1) is 0 Å². The highest BCUT2D eigenvalue weighted by molar-refractivity contribution is 6.40. The molecule has 8 heteroatoms. The summed E-state index contributed by atoms with van der Waals surface area (Å²) in [6.07, 6.45) is 2.54. The minimum absolute atomic E-state index is 0.110. The van der Waals surface area contributed by atoms with Gasteiger partial charge in [-0.15, -0.1) is 0 Å². The average molecular weight is 354 g/mol. The minimum Gasteiger partial charge on any atom is -0.480 e. The van der Waals surface area contributed by atoms with Crippen molar-refractivity contribution in [2.45, 2.75) is 25.7 Å². The molecule has 2 aliphatic rings. The highest BCUT2D eigenvalue weighted by atomic mass is 35.5. The number of amides is 2. The molecule has 6 nitrogen and oxygen atoms in total. The van der Waals surface area contributed by atoms with Gasteiger partial charge in [0.25, 0.3) is 11.8 Å². The van der Waals surface area contributed by atoms with Gasteiger partial charge in [-0.2, -0.15) is 0 Å². The number of aliphatic carboxylic acids is 1. The lowest BCUT2D eigenvalue weighted by atomic mass is 9.93. The molecule has 3 rings (SSSR count). The summed E-state index contributed by atoms with van der Waals surface area (Å²) in [5, 5.41) is 8.35. The quantitative estimate of drug-likeness (QED) is 0.841. The van der Waals surface area contributed by atoms with Gasteiger partial charge in [-0.05, 0) is 37.8 Å². The summed E-state index contributed by atoms with van der Waals surface area (Å²) in [6.45, 7) is -0.679. The first-order chi connectivity index (χ1) is 11.4. The number of carboxylic acid groups (broad SMARTS) is 1. The van der Waals surface area contributed by atoms with Crippen LogP contribution in [0.2, 0.25) is 5.02 Å². The van der Waals surface area contributed by atoms with E-state index in [1.807, 2.05) is 0 Å². The largest absolute Gasteiger partial charge is 0.480 e. The third-order valence-corrected chi connectivity index (χ3v) is 4.36. The van der Waals surface area contributed by atoms with Crippen molar-refractivity contribution in [2.75, 3.05) is 11.5 Å². The molecule has 1 aliphatic heterocycles. The topological polar surface area (TPSA) is 83.9 Å². The van der Waals surface area contributed by atoms with E-state index in [0.717, 1.165) is 29.9 Å². The SMILES string of the molecule is O=C(O)COc1ccc(F)c(N2C(=O)C3=C(CCCC3)C2=O)c1Cl. The molecule has 1 aromatic carbocycles. The first-order valence-corrected chi connectivity index (χ1v) is 7.73. The summed E-state index contributed by atoms with van der Waals surface area (Å²) in [7, 11) is 0. The van der Waals surface area contributed by atoms with Crippen LogP contribution in [0.25, 0.3) is 0 Å². The van der Waals surface area contributed by atoms with Crippen molar-refractivity contribution in [3.8, 4) is 5.75 Å². The Kier molecular flexibility index (Phi) is 4.28. The van der Waals surface area contributed by atoms with Crippen molar-refractivity contribution in [2.24, 2.45) is 0 Å². The minimum atomic E-state index is -1.23. The number of hydrogen-bond acceptors (Lipinski definition) is 4. The number of imide groups is 1. The van der Waals surface area contributed by atoms with Gasteiger partial charge in [-0.25, -0.2) is 14.1 Å². The zero-order valence-electron chi connectivity index (χ0n) is 12.5. The Labute approximate surface area is 141 Å². The zero-order chi connectivity index (χ0) is 17.4. The number of anilines is 1. The number of nitrogens with zero attached hydrogens (tertiary/aromatic N) is 1. The Hall–Kier alpha value is -2.41. The van der Waals surface area contributed by atoms with E-state index in [1.54, 1.807) is 0 Å². The van der Waals surface area contributed by atoms with Crippen LogP contribution in [0.5, 0.6) is 5.75 Å². The maximum atomic E-state index is 14.3. The van der Waals surface area contributed by atoms with Crippen LogP contribution in [0.3, 0.4) is 0 Å². The highest BCUT2D eigenvalue weighted by Crippen LogP contribution is 2.42. The van der Waals surface area contributed by atoms with E-state index in [4.69, 9.17) is 21.4 Å². The highest BCUT2D eigenvalue weighted by Gasteiger charge is 2.42. The van der Waals surface area contributed by atoms with Crippen LogP contribution in [0.1, 0.15) is 25.7 Å². The number of rotatable bonds is 4. The Balaban J connectivity index is 2.00. The molecule has 1 aliphatic carbocycles. The molecule has 0 fully saturated rings. The van der Waals surface area contributed by atoms with Gasteiger partial charge >= 0.3 is 5.97 Å². The van der Waals surface area contributed by atoms with E-state index in [-0.39, 0.29) is 10.8 Å². The third kappa shape index (κ3) is 2.65. The summed E-state index contributed by atoms with van der Waals surface area (Å²) >= 11 is 6.08. The van der Waals surface area contributed by atoms with Gasteiger partial charge < -0.3 is 9.84 Å². The summed E-state index contributed by atoms with van der Waals surface area (Å²) in [4.78, 5) is 36.4. The van der Waals surface area contributed by atoms with Crippen LogP contribution in [0.4, 0.5) is 10.1 Å². The van der Waals surface area contributed by atoms with E-state index in [2.05, 4.69) is 0 Å². The Morgan fingerprint density at radius 1 is 1.21 bits per heavy atom. The number of carboxylic acids is 1. The second-order valence-corrected chi connectivity index (χ2v) is 5.88. The molecule has 0 aromatic heterocycles. The number of benzene rings is 1. The summed E-state index contributed by atoms with van der Waals surface area (Å²) in [6, 6.07) is 2.14. The van der Waals surface area contributed by atoms with Gasteiger partial charge in [-0.1, -0.05) is 11.6 Å². The molecule has 0 saturated heterocycles. The zero-order valence-corrected chi connectivity index (χ0v) is 13.2. The monoisotopic (exact) mass is 353 g/mol. The Bertz CT molecular complexity index is 761. The number of halogens is 2. The molecule has 0 atom stereocenters. The molecular formula is C16H13ClFNO5. The Morgan fingerprint density at radius 2 is 1.79 bits per heavy atom. The molecule has 126 valence electrons. The van der Waals surface area contributed by atoms with E-state index in [0.29, 0.717) is 24.0 Å². The number of ether oxygens (including phenoxy) is 1. The van der Waals surface area contributed by atoms with E-state index in [1.165, 1.54) is 0 Å². The van der Waals surface area contributed by atoms with E-state index < -0.39 is 35.9 Å². The smallest absolute Gasteiger partial charge is 0.341 e. The van der Waals surface area contributed by atoms with Crippen LogP contribution in [0.15, 0.2) is 23.3 Å². The standard InChI is InChI=1S/C16H13ClFNO5/c17-13-11(24-7-12(20)21)6-5-10(18)14(13)19-15(22)8-3-1-2-4-9(8)16(19)23/h5-6H,1-4,7H2,(H,20,21). The summed E-state index contributed by atoms with van der Waals surface area (Å²) in [5.74, 6) is -3.36. The summed E-state index contributed by atoms with van der Waals surface area (Å²) < 4.78 is 19.3. The second-order valence-electron chi connectivity index (χ2n) is 5.50. The fraction of sp³-hybridized carbons (Fsp3) is 0.312. The van der Waals surface area contributed by atoms with E-state index >= 15 is 0 Å².